The van der Waals surface area contributed by atoms with Gasteiger partial charge in [0.2, 0.25) is 0 Å². The zero-order chi connectivity index (χ0) is 24.1. The molecule has 11 heteroatoms. The average molecular weight is 479 g/mol. The average Bonchev–Trinajstić information content (AvgIpc) is 3.25. The summed E-state index contributed by atoms with van der Waals surface area (Å²) in [6, 6.07) is 13.5. The predicted molar refractivity (Wildman–Crippen MR) is 129 cm³/mol. The zero-order valence-electron chi connectivity index (χ0n) is 18.4. The SMILES string of the molecule is CCSc1ccccc1C(=O)NCCn1ncc2c(=O)n(Cc3ccc([N+](=O)[O-])cc3)cnc21. The van der Waals surface area contributed by atoms with E-state index in [1.807, 2.05) is 25.1 Å². The van der Waals surface area contributed by atoms with Gasteiger partial charge in [0.05, 0.1) is 29.8 Å². The molecule has 0 saturated heterocycles. The Morgan fingerprint density at radius 2 is 1.94 bits per heavy atom. The van der Waals surface area contributed by atoms with Crippen LogP contribution in [0.15, 0.2) is 70.7 Å². The van der Waals surface area contributed by atoms with Gasteiger partial charge in [-0.1, -0.05) is 31.2 Å². The number of fused-ring (bicyclic) bond motifs is 1. The minimum Gasteiger partial charge on any atom is -0.350 e. The van der Waals surface area contributed by atoms with Crippen molar-refractivity contribution in [3.63, 3.8) is 0 Å². The van der Waals surface area contributed by atoms with E-state index in [9.17, 15) is 19.7 Å². The number of nitrogens with zero attached hydrogens (tertiary/aromatic N) is 5. The minimum atomic E-state index is -0.469. The summed E-state index contributed by atoms with van der Waals surface area (Å²) < 4.78 is 3.01. The van der Waals surface area contributed by atoms with Gasteiger partial charge in [0.1, 0.15) is 11.7 Å². The molecule has 0 aliphatic rings. The number of hydrogen-bond acceptors (Lipinski definition) is 7. The van der Waals surface area contributed by atoms with Gasteiger partial charge in [-0.3, -0.25) is 24.3 Å². The third-order valence-electron chi connectivity index (χ3n) is 5.16. The molecule has 0 radical (unpaired) electrons. The maximum Gasteiger partial charge on any atom is 0.269 e. The van der Waals surface area contributed by atoms with Gasteiger partial charge in [-0.15, -0.1) is 11.8 Å². The maximum atomic E-state index is 12.9. The van der Waals surface area contributed by atoms with Gasteiger partial charge in [-0.25, -0.2) is 9.67 Å². The Hall–Kier alpha value is -3.99. The first-order valence-electron chi connectivity index (χ1n) is 10.6. The molecule has 0 atom stereocenters. The molecule has 4 aromatic rings. The molecule has 2 aromatic heterocycles. The Labute approximate surface area is 198 Å². The van der Waals surface area contributed by atoms with Crippen LogP contribution in [0, 0.1) is 10.1 Å². The van der Waals surface area contributed by atoms with Gasteiger partial charge in [-0.2, -0.15) is 5.10 Å². The fourth-order valence-corrected chi connectivity index (χ4v) is 4.30. The van der Waals surface area contributed by atoms with Crippen LogP contribution in [0.25, 0.3) is 11.0 Å². The molecule has 0 saturated carbocycles. The van der Waals surface area contributed by atoms with Crippen molar-refractivity contribution < 1.29 is 9.72 Å². The first kappa shape index (κ1) is 23.2. The smallest absolute Gasteiger partial charge is 0.269 e. The fourth-order valence-electron chi connectivity index (χ4n) is 3.50. The Kier molecular flexibility index (Phi) is 7.02. The first-order valence-corrected chi connectivity index (χ1v) is 11.6. The van der Waals surface area contributed by atoms with Gasteiger partial charge < -0.3 is 5.32 Å². The number of benzene rings is 2. The van der Waals surface area contributed by atoms with E-state index in [1.165, 1.54) is 29.2 Å². The minimum absolute atomic E-state index is 0.00866. The largest absolute Gasteiger partial charge is 0.350 e. The van der Waals surface area contributed by atoms with Crippen molar-refractivity contribution in [2.45, 2.75) is 24.9 Å². The van der Waals surface area contributed by atoms with Gasteiger partial charge in [0.15, 0.2) is 5.65 Å². The molecule has 34 heavy (non-hydrogen) atoms. The van der Waals surface area contributed by atoms with Crippen LogP contribution >= 0.6 is 11.8 Å². The zero-order valence-corrected chi connectivity index (χ0v) is 19.2. The number of nitrogens with one attached hydrogen (secondary N) is 1. The highest BCUT2D eigenvalue weighted by atomic mass is 32.2. The predicted octanol–water partition coefficient (Wildman–Crippen LogP) is 3.09. The number of rotatable bonds is 9. The number of carbonyl (C=O) groups excluding carboxylic acids is 1. The lowest BCUT2D eigenvalue weighted by atomic mass is 10.2. The standard InChI is InChI=1S/C23H22N6O4S/c1-2-34-20-6-4-3-5-18(20)22(30)24-11-12-28-21-19(13-26-28)23(31)27(15-25-21)14-16-7-9-17(10-8-16)29(32)33/h3-10,13,15H,2,11-12,14H2,1H3,(H,24,30). The van der Waals surface area contributed by atoms with Crippen molar-refractivity contribution in [3.8, 4) is 0 Å². The van der Waals surface area contributed by atoms with E-state index in [0.717, 1.165) is 16.2 Å². The molecular formula is C23H22N6O4S. The number of thioether (sulfide) groups is 1. The van der Waals surface area contributed by atoms with Crippen molar-refractivity contribution in [3.05, 3.63) is 92.7 Å². The molecule has 4 rings (SSSR count). The van der Waals surface area contributed by atoms with Crippen LogP contribution in [-0.2, 0) is 13.1 Å². The highest BCUT2D eigenvalue weighted by molar-refractivity contribution is 7.99. The summed E-state index contributed by atoms with van der Waals surface area (Å²) in [4.78, 5) is 41.1. The number of non-ortho nitro benzene ring substituents is 1. The maximum absolute atomic E-state index is 12.9. The van der Waals surface area contributed by atoms with Crippen LogP contribution in [0.3, 0.4) is 0 Å². The first-order chi connectivity index (χ1) is 16.5. The molecular weight excluding hydrogens is 456 g/mol. The van der Waals surface area contributed by atoms with E-state index < -0.39 is 4.92 Å². The van der Waals surface area contributed by atoms with Gasteiger partial charge in [0, 0.05) is 23.6 Å². The Balaban J connectivity index is 1.44. The van der Waals surface area contributed by atoms with Gasteiger partial charge in [-0.05, 0) is 23.4 Å². The van der Waals surface area contributed by atoms with Crippen LogP contribution in [-0.4, -0.2) is 42.5 Å². The monoisotopic (exact) mass is 478 g/mol. The highest BCUT2D eigenvalue weighted by Gasteiger charge is 2.13. The molecule has 2 aromatic carbocycles. The molecule has 2 heterocycles. The normalized spacial score (nSPS) is 11.0. The van der Waals surface area contributed by atoms with E-state index in [0.29, 0.717) is 29.7 Å². The second kappa shape index (κ2) is 10.3. The lowest BCUT2D eigenvalue weighted by Gasteiger charge is -2.10. The van der Waals surface area contributed by atoms with Crippen molar-refractivity contribution >= 4 is 34.4 Å². The number of aromatic nitrogens is 4. The van der Waals surface area contributed by atoms with E-state index in [4.69, 9.17) is 0 Å². The van der Waals surface area contributed by atoms with Crippen molar-refractivity contribution in [2.75, 3.05) is 12.3 Å². The van der Waals surface area contributed by atoms with E-state index in [2.05, 4.69) is 15.4 Å². The number of nitro groups is 1. The van der Waals surface area contributed by atoms with Crippen molar-refractivity contribution in [1.29, 1.82) is 0 Å². The lowest BCUT2D eigenvalue weighted by Crippen LogP contribution is -2.28. The fraction of sp³-hybridized carbons (Fsp3) is 0.217. The Bertz CT molecular complexity index is 1400. The quantitative estimate of drug-likeness (QED) is 0.223. The molecule has 0 unspecified atom stereocenters. The summed E-state index contributed by atoms with van der Waals surface area (Å²) in [5.74, 6) is 0.711. The van der Waals surface area contributed by atoms with Crippen LogP contribution < -0.4 is 10.9 Å². The number of hydrogen-bond donors (Lipinski definition) is 1. The van der Waals surface area contributed by atoms with Crippen molar-refractivity contribution in [1.82, 2.24) is 24.6 Å². The van der Waals surface area contributed by atoms with Crippen LogP contribution in [0.2, 0.25) is 0 Å². The lowest BCUT2D eigenvalue weighted by molar-refractivity contribution is -0.384. The topological polar surface area (TPSA) is 125 Å². The molecule has 0 aliphatic carbocycles. The molecule has 0 spiro atoms. The summed E-state index contributed by atoms with van der Waals surface area (Å²) in [5, 5.41) is 18.3. The summed E-state index contributed by atoms with van der Waals surface area (Å²) in [7, 11) is 0. The van der Waals surface area contributed by atoms with Crippen LogP contribution in [0.1, 0.15) is 22.8 Å². The summed E-state index contributed by atoms with van der Waals surface area (Å²) in [6.07, 6.45) is 2.90. The Morgan fingerprint density at radius 3 is 2.68 bits per heavy atom. The second-order valence-corrected chi connectivity index (χ2v) is 8.70. The summed E-state index contributed by atoms with van der Waals surface area (Å²) in [6.45, 7) is 2.96. The van der Waals surface area contributed by atoms with E-state index >= 15 is 0 Å². The molecule has 174 valence electrons. The number of nitro benzene ring substituents is 1. The molecule has 0 fully saturated rings. The molecule has 1 N–H and O–H groups in total. The van der Waals surface area contributed by atoms with Crippen molar-refractivity contribution in [2.24, 2.45) is 0 Å². The van der Waals surface area contributed by atoms with Gasteiger partial charge >= 0.3 is 0 Å². The molecule has 1 amide bonds. The summed E-state index contributed by atoms with van der Waals surface area (Å²) in [5.41, 5.74) is 1.54. The third kappa shape index (κ3) is 4.99. The molecule has 0 aliphatic heterocycles. The molecule has 0 bridgehead atoms. The third-order valence-corrected chi connectivity index (χ3v) is 6.12. The summed E-state index contributed by atoms with van der Waals surface area (Å²) >= 11 is 1.61. The molecule has 10 nitrogen and oxygen atoms in total. The van der Waals surface area contributed by atoms with Crippen LogP contribution in [0.4, 0.5) is 5.69 Å². The van der Waals surface area contributed by atoms with E-state index in [-0.39, 0.29) is 23.7 Å². The van der Waals surface area contributed by atoms with Crippen LogP contribution in [0.5, 0.6) is 0 Å². The number of amides is 1. The van der Waals surface area contributed by atoms with Gasteiger partial charge in [0.25, 0.3) is 17.2 Å². The number of carbonyl (C=O) groups is 1. The second-order valence-electron chi connectivity index (χ2n) is 7.39. The Morgan fingerprint density at radius 1 is 1.18 bits per heavy atom. The van der Waals surface area contributed by atoms with E-state index in [1.54, 1.807) is 34.6 Å². The highest BCUT2D eigenvalue weighted by Crippen LogP contribution is 2.22.